The van der Waals surface area contributed by atoms with Crippen LogP contribution in [0, 0.1) is 6.20 Å². The minimum atomic E-state index is -0.976. The molecule has 0 aromatic rings. The van der Waals surface area contributed by atoms with E-state index in [1.165, 1.54) is 6.08 Å². The van der Waals surface area contributed by atoms with Gasteiger partial charge in [0.1, 0.15) is 0 Å². The molecule has 1 aliphatic rings. The molecule has 0 fully saturated rings. The van der Waals surface area contributed by atoms with Gasteiger partial charge in [-0.3, -0.25) is 0 Å². The number of hydrogen-bond donors (Lipinski definition) is 1. The van der Waals surface area contributed by atoms with Crippen molar-refractivity contribution in [3.8, 4) is 0 Å². The summed E-state index contributed by atoms with van der Waals surface area (Å²) in [6.45, 7) is 6.57. The average molecular weight is 346 g/mol. The number of halogens is 1. The number of allylic oxidation sites excluding steroid dienone is 1. The average Bonchev–Trinajstić information content (AvgIpc) is 2.12. The maximum absolute atomic E-state index is 10.7. The van der Waals surface area contributed by atoms with Crippen LogP contribution < -0.4 is 0 Å². The van der Waals surface area contributed by atoms with Crippen LogP contribution in [0.1, 0.15) is 13.3 Å². The van der Waals surface area contributed by atoms with E-state index in [1.54, 1.807) is 4.90 Å². The van der Waals surface area contributed by atoms with E-state index in [0.29, 0.717) is 4.48 Å². The van der Waals surface area contributed by atoms with E-state index in [2.05, 4.69) is 28.7 Å². The quantitative estimate of drug-likeness (QED) is 0.798. The maximum Gasteiger partial charge on any atom is 0.249 e. The minimum absolute atomic E-state index is 0. The Kier molecular flexibility index (Phi) is 6.64. The van der Waals surface area contributed by atoms with Crippen molar-refractivity contribution in [3.63, 3.8) is 0 Å². The first-order chi connectivity index (χ1) is 6.56. The molecule has 5 heteroatoms. The molecule has 1 rings (SSSR count). The Morgan fingerprint density at radius 3 is 2.80 bits per heavy atom. The van der Waals surface area contributed by atoms with Crippen LogP contribution >= 0.6 is 15.9 Å². The second-order valence-corrected chi connectivity index (χ2v) is 3.78. The van der Waals surface area contributed by atoms with Gasteiger partial charge in [0, 0.05) is 39.3 Å². The number of carbonyl (C=O) groups is 1. The largest absolute Gasteiger partial charge is 0.521 e. The molecule has 1 aliphatic heterocycles. The van der Waals surface area contributed by atoms with Crippen LogP contribution in [0.4, 0.5) is 0 Å². The first-order valence-corrected chi connectivity index (χ1v) is 5.06. The topological polar surface area (TPSA) is 40.5 Å². The smallest absolute Gasteiger partial charge is 0.249 e. The van der Waals surface area contributed by atoms with Gasteiger partial charge in [0.05, 0.1) is 0 Å². The molecule has 0 aromatic heterocycles. The Hall–Kier alpha value is 0.0739. The zero-order valence-electron chi connectivity index (χ0n) is 8.46. The number of carboxylic acids is 1. The summed E-state index contributed by atoms with van der Waals surface area (Å²) >= 11 is 3.27. The van der Waals surface area contributed by atoms with Gasteiger partial charge in [0.2, 0.25) is 5.97 Å². The Morgan fingerprint density at radius 2 is 2.33 bits per heavy atom. The Morgan fingerprint density at radius 1 is 1.73 bits per heavy atom. The molecule has 79 valence electrons. The number of nitrogens with zero attached hydrogens (tertiary/aromatic N) is 1. The van der Waals surface area contributed by atoms with E-state index in [9.17, 15) is 4.79 Å². The van der Waals surface area contributed by atoms with Gasteiger partial charge in [-0.25, -0.2) is 0 Å². The van der Waals surface area contributed by atoms with Crippen LogP contribution in [0.2, 0.25) is 0 Å². The van der Waals surface area contributed by atoms with Crippen molar-refractivity contribution < 1.29 is 42.6 Å². The molecule has 1 N–H and O–H groups in total. The van der Waals surface area contributed by atoms with Crippen molar-refractivity contribution in [2.45, 2.75) is 13.3 Å². The molecule has 0 unspecified atom stereocenters. The molecule has 0 bridgehead atoms. The number of rotatable bonds is 3. The van der Waals surface area contributed by atoms with Crippen LogP contribution in [0.25, 0.3) is 0 Å². The zero-order chi connectivity index (χ0) is 10.7. The van der Waals surface area contributed by atoms with Gasteiger partial charge in [0.25, 0.3) is 0 Å². The van der Waals surface area contributed by atoms with Crippen molar-refractivity contribution in [1.82, 2.24) is 4.90 Å². The summed E-state index contributed by atoms with van der Waals surface area (Å²) in [5, 5.41) is 8.81. The van der Waals surface area contributed by atoms with Crippen molar-refractivity contribution in [2.75, 3.05) is 6.54 Å². The summed E-state index contributed by atoms with van der Waals surface area (Å²) in [6, 6.07) is 0. The fourth-order valence-corrected chi connectivity index (χ4v) is 1.55. The van der Waals surface area contributed by atoms with Crippen LogP contribution in [0.3, 0.4) is 0 Å². The number of hydrogen-bond acceptors (Lipinski definition) is 2. The zero-order valence-corrected chi connectivity index (χ0v) is 12.9. The van der Waals surface area contributed by atoms with Gasteiger partial charge >= 0.3 is 0 Å². The number of aliphatic carboxylic acids is 1. The van der Waals surface area contributed by atoms with Crippen LogP contribution in [0.5, 0.6) is 0 Å². The van der Waals surface area contributed by atoms with Gasteiger partial charge in [-0.05, 0) is 22.2 Å². The minimum Gasteiger partial charge on any atom is -0.521 e. The molecule has 3 nitrogen and oxygen atoms in total. The van der Waals surface area contributed by atoms with Crippen molar-refractivity contribution in [1.29, 1.82) is 0 Å². The third-order valence-electron chi connectivity index (χ3n) is 1.81. The summed E-state index contributed by atoms with van der Waals surface area (Å²) in [6.07, 6.45) is 5.21. The van der Waals surface area contributed by atoms with Gasteiger partial charge in [0.15, 0.2) is 0 Å². The molecule has 0 atom stereocenters. The predicted octanol–water partition coefficient (Wildman–Crippen LogP) is 2.27. The molecular formula is C10H11BrNO2Y-. The van der Waals surface area contributed by atoms with Gasteiger partial charge < -0.3 is 14.8 Å². The number of carboxylic acid groups (broad SMARTS) is 1. The molecule has 1 radical (unpaired) electrons. The van der Waals surface area contributed by atoms with E-state index in [4.69, 9.17) is 5.11 Å². The first-order valence-electron chi connectivity index (χ1n) is 4.27. The standard InChI is InChI=1S/C10H11BrNO2.Y/c1-3-4-12-6-8(10(13)14)5-9(11)7(12)2;/h5H,2-4H2,1H3,(H,13,14);/q-1;. The summed E-state index contributed by atoms with van der Waals surface area (Å²) in [7, 11) is 0. The van der Waals surface area contributed by atoms with Crippen molar-refractivity contribution in [3.05, 3.63) is 34.6 Å². The van der Waals surface area contributed by atoms with Crippen LogP contribution in [-0.4, -0.2) is 22.5 Å². The predicted molar refractivity (Wildman–Crippen MR) is 57.5 cm³/mol. The first kappa shape index (κ1) is 15.1. The third-order valence-corrected chi connectivity index (χ3v) is 2.49. The fourth-order valence-electron chi connectivity index (χ4n) is 1.11. The Balaban J connectivity index is 0.00000196. The second kappa shape index (κ2) is 6.61. The fraction of sp³-hybridized carbons (Fsp3) is 0.300. The summed E-state index contributed by atoms with van der Waals surface area (Å²) in [5.41, 5.74) is 0.898. The monoisotopic (exact) mass is 345 g/mol. The summed E-state index contributed by atoms with van der Waals surface area (Å²) < 4.78 is 0.696. The summed E-state index contributed by atoms with van der Waals surface area (Å²) in [4.78, 5) is 12.5. The van der Waals surface area contributed by atoms with E-state index in [1.807, 2.05) is 6.92 Å². The van der Waals surface area contributed by atoms with E-state index in [-0.39, 0.29) is 38.3 Å². The Labute approximate surface area is 123 Å². The molecule has 0 aliphatic carbocycles. The third kappa shape index (κ3) is 3.85. The van der Waals surface area contributed by atoms with Crippen molar-refractivity contribution in [2.24, 2.45) is 0 Å². The molecule has 0 aromatic carbocycles. The molecular weight excluding hydrogens is 335 g/mol. The molecule has 0 amide bonds. The molecule has 15 heavy (non-hydrogen) atoms. The molecule has 0 spiro atoms. The molecule has 1 heterocycles. The SMILES string of the molecule is C=C1C(Br)=CC(C(=O)O)=[C-]N1CCC.[Y]. The maximum atomic E-state index is 10.7. The molecule has 0 saturated heterocycles. The van der Waals surface area contributed by atoms with Crippen LogP contribution in [0.15, 0.2) is 28.4 Å². The van der Waals surface area contributed by atoms with Gasteiger partial charge in [-0.15, -0.1) is 12.7 Å². The van der Waals surface area contributed by atoms with E-state index >= 15 is 0 Å². The van der Waals surface area contributed by atoms with E-state index in [0.717, 1.165) is 18.7 Å². The van der Waals surface area contributed by atoms with Crippen molar-refractivity contribution >= 4 is 21.9 Å². The van der Waals surface area contributed by atoms with Gasteiger partial charge in [-0.2, -0.15) is 0 Å². The summed E-state index contributed by atoms with van der Waals surface area (Å²) in [5.74, 6) is -0.976. The van der Waals surface area contributed by atoms with E-state index < -0.39 is 5.97 Å². The van der Waals surface area contributed by atoms with Crippen LogP contribution in [-0.2, 0) is 37.5 Å². The normalized spacial score (nSPS) is 15.3. The molecule has 0 saturated carbocycles. The second-order valence-electron chi connectivity index (χ2n) is 2.92. The Bertz CT molecular complexity index is 336. The van der Waals surface area contributed by atoms with Gasteiger partial charge in [-0.1, -0.05) is 29.1 Å².